The van der Waals surface area contributed by atoms with Crippen LogP contribution in [-0.2, 0) is 4.74 Å². The lowest BCUT2D eigenvalue weighted by Gasteiger charge is -2.25. The van der Waals surface area contributed by atoms with Crippen molar-refractivity contribution >= 4 is 44.8 Å². The zero-order valence-electron chi connectivity index (χ0n) is 21.7. The zero-order valence-corrected chi connectivity index (χ0v) is 22.5. The molecule has 2 fully saturated rings. The first kappa shape index (κ1) is 25.8. The van der Waals surface area contributed by atoms with Crippen LogP contribution in [0.25, 0.3) is 21.9 Å². The van der Waals surface area contributed by atoms with E-state index in [4.69, 9.17) is 30.2 Å². The van der Waals surface area contributed by atoms with E-state index in [1.54, 1.807) is 12.5 Å². The van der Waals surface area contributed by atoms with Crippen molar-refractivity contribution in [3.63, 3.8) is 0 Å². The fourth-order valence-electron chi connectivity index (χ4n) is 5.36. The molecule has 2 saturated heterocycles. The first-order valence-corrected chi connectivity index (χ1v) is 14.0. The zero-order chi connectivity index (χ0) is 26.6. The minimum absolute atomic E-state index is 0.0111. The first-order valence-electron chi connectivity index (χ1n) is 13.6. The van der Waals surface area contributed by atoms with Gasteiger partial charge in [0.2, 0.25) is 0 Å². The number of anilines is 2. The summed E-state index contributed by atoms with van der Waals surface area (Å²) in [6.07, 6.45) is 8.26. The molecule has 0 atom stereocenters. The van der Waals surface area contributed by atoms with Gasteiger partial charge in [0.05, 0.1) is 53.3 Å². The largest absolute Gasteiger partial charge is 0.493 e. The Morgan fingerprint density at radius 1 is 1.13 bits per heavy atom. The highest BCUT2D eigenvalue weighted by Gasteiger charge is 2.22. The lowest BCUT2D eigenvalue weighted by atomic mass is 10.1. The number of hydrogen-bond donors (Lipinski definition) is 1. The first-order chi connectivity index (χ1) is 19.2. The van der Waals surface area contributed by atoms with Crippen LogP contribution >= 0.6 is 11.6 Å². The predicted molar refractivity (Wildman–Crippen MR) is 151 cm³/mol. The van der Waals surface area contributed by atoms with Crippen molar-refractivity contribution < 1.29 is 18.6 Å². The maximum absolute atomic E-state index is 10.0. The molecule has 9 heteroatoms. The molecule has 0 unspecified atom stereocenters. The van der Waals surface area contributed by atoms with Crippen molar-refractivity contribution in [1.29, 1.82) is 5.26 Å². The maximum Gasteiger partial charge on any atom is 0.158 e. The number of nitrogens with zero attached hydrogens (tertiary/aromatic N) is 3. The number of fused-ring (bicyclic) bond motifs is 2. The second-order valence-electron chi connectivity index (χ2n) is 10.0. The van der Waals surface area contributed by atoms with Gasteiger partial charge in [-0.25, -0.2) is 0 Å². The Labute approximate surface area is 232 Å². The molecule has 0 spiro atoms. The summed E-state index contributed by atoms with van der Waals surface area (Å²) in [5.74, 6) is 1.31. The van der Waals surface area contributed by atoms with Crippen molar-refractivity contribution in [2.24, 2.45) is 0 Å². The van der Waals surface area contributed by atoms with Gasteiger partial charge in [-0.05, 0) is 50.6 Å². The molecule has 2 aromatic heterocycles. The topological polar surface area (TPSA) is 92.8 Å². The van der Waals surface area contributed by atoms with E-state index in [0.717, 1.165) is 31.2 Å². The summed E-state index contributed by atoms with van der Waals surface area (Å²) in [6, 6.07) is 11.7. The van der Waals surface area contributed by atoms with E-state index in [1.807, 2.05) is 30.3 Å². The molecule has 202 valence electrons. The normalized spacial score (nSPS) is 16.5. The Morgan fingerprint density at radius 2 is 1.97 bits per heavy atom. The van der Waals surface area contributed by atoms with Crippen molar-refractivity contribution in [3.05, 3.63) is 53.4 Å². The van der Waals surface area contributed by atoms with E-state index in [-0.39, 0.29) is 6.10 Å². The molecule has 1 N–H and O–H groups in total. The second kappa shape index (κ2) is 11.7. The van der Waals surface area contributed by atoms with Gasteiger partial charge in [-0.3, -0.25) is 4.98 Å². The number of aromatic nitrogens is 1. The van der Waals surface area contributed by atoms with Crippen LogP contribution in [0.4, 0.5) is 11.4 Å². The van der Waals surface area contributed by atoms with Crippen LogP contribution in [0.5, 0.6) is 11.5 Å². The fraction of sp³-hybridized carbons (Fsp3) is 0.400. The van der Waals surface area contributed by atoms with Crippen LogP contribution in [-0.4, -0.2) is 55.4 Å². The number of rotatable bonds is 9. The average molecular weight is 547 g/mol. The molecule has 8 nitrogen and oxygen atoms in total. The second-order valence-corrected chi connectivity index (χ2v) is 10.4. The lowest BCUT2D eigenvalue weighted by Crippen LogP contribution is -2.26. The van der Waals surface area contributed by atoms with E-state index in [9.17, 15) is 5.26 Å². The highest BCUT2D eigenvalue weighted by molar-refractivity contribution is 6.35. The minimum atomic E-state index is -0.0111. The summed E-state index contributed by atoms with van der Waals surface area (Å²) < 4.78 is 24.0. The minimum Gasteiger partial charge on any atom is -0.493 e. The molecule has 0 bridgehead atoms. The summed E-state index contributed by atoms with van der Waals surface area (Å²) in [4.78, 5) is 7.11. The Balaban J connectivity index is 1.37. The molecule has 0 aliphatic carbocycles. The smallest absolute Gasteiger partial charge is 0.158 e. The quantitative estimate of drug-likeness (QED) is 0.233. The summed E-state index contributed by atoms with van der Waals surface area (Å²) in [6.45, 7) is 5.30. The third-order valence-corrected chi connectivity index (χ3v) is 7.71. The van der Waals surface area contributed by atoms with Gasteiger partial charge in [0.15, 0.2) is 5.58 Å². The Hall–Kier alpha value is -3.51. The molecule has 6 rings (SSSR count). The summed E-state index contributed by atoms with van der Waals surface area (Å²) in [7, 11) is 0. The highest BCUT2D eigenvalue weighted by Crippen LogP contribution is 2.42. The van der Waals surface area contributed by atoms with Gasteiger partial charge < -0.3 is 28.8 Å². The summed E-state index contributed by atoms with van der Waals surface area (Å²) in [5.41, 5.74) is 2.80. The lowest BCUT2D eigenvalue weighted by molar-refractivity contribution is 0.0261. The number of hydrogen-bond acceptors (Lipinski definition) is 8. The molecule has 39 heavy (non-hydrogen) atoms. The van der Waals surface area contributed by atoms with Crippen molar-refractivity contribution in [3.8, 4) is 17.6 Å². The highest BCUT2D eigenvalue weighted by atomic mass is 35.5. The number of benzene rings is 2. The van der Waals surface area contributed by atoms with Gasteiger partial charge in [0.25, 0.3) is 0 Å². The number of furan rings is 1. The van der Waals surface area contributed by atoms with Gasteiger partial charge in [-0.1, -0.05) is 11.6 Å². The molecule has 2 aliphatic rings. The Kier molecular flexibility index (Phi) is 7.73. The standard InChI is InChI=1S/C30H31ClN4O4/c31-24-5-4-20-6-15-38-30(20)29(24)34-28-21(18-32)19-33-25-16-23(37-12-3-11-35-9-1-2-10-35)17-26(27(25)28)39-22-7-13-36-14-8-22/h4-6,15-17,19,22H,1-3,7-14H2,(H,33,34). The Bertz CT molecular complexity index is 1500. The number of likely N-dealkylation sites (tertiary alicyclic amines) is 1. The van der Waals surface area contributed by atoms with Gasteiger partial charge >= 0.3 is 0 Å². The van der Waals surface area contributed by atoms with Gasteiger partial charge in [-0.15, -0.1) is 0 Å². The molecule has 4 heterocycles. The van der Waals surface area contributed by atoms with Gasteiger partial charge in [0.1, 0.15) is 29.4 Å². The van der Waals surface area contributed by atoms with Crippen molar-refractivity contribution in [2.75, 3.05) is 44.8 Å². The maximum atomic E-state index is 10.0. The predicted octanol–water partition coefficient (Wildman–Crippen LogP) is 6.67. The summed E-state index contributed by atoms with van der Waals surface area (Å²) in [5, 5.41) is 15.5. The molecule has 0 radical (unpaired) electrons. The van der Waals surface area contributed by atoms with Crippen LogP contribution in [0.3, 0.4) is 0 Å². The number of nitrogens with one attached hydrogen (secondary N) is 1. The molecular weight excluding hydrogens is 516 g/mol. The number of halogens is 1. The van der Waals surface area contributed by atoms with Gasteiger partial charge in [-0.2, -0.15) is 5.26 Å². The van der Waals surface area contributed by atoms with E-state index < -0.39 is 0 Å². The van der Waals surface area contributed by atoms with Crippen LogP contribution in [0.2, 0.25) is 5.02 Å². The van der Waals surface area contributed by atoms with Crippen LogP contribution in [0.1, 0.15) is 37.7 Å². The molecule has 0 saturated carbocycles. The van der Waals surface area contributed by atoms with E-state index in [0.29, 0.717) is 69.8 Å². The number of pyridine rings is 1. The van der Waals surface area contributed by atoms with Crippen LogP contribution in [0, 0.1) is 11.3 Å². The molecule has 2 aliphatic heterocycles. The third kappa shape index (κ3) is 5.62. The number of nitriles is 1. The van der Waals surface area contributed by atoms with E-state index >= 15 is 0 Å². The van der Waals surface area contributed by atoms with E-state index in [1.165, 1.54) is 25.9 Å². The van der Waals surface area contributed by atoms with Crippen molar-refractivity contribution in [2.45, 2.75) is 38.2 Å². The van der Waals surface area contributed by atoms with Gasteiger partial charge in [0, 0.05) is 43.1 Å². The monoisotopic (exact) mass is 546 g/mol. The van der Waals surface area contributed by atoms with Crippen LogP contribution in [0.15, 0.2) is 47.2 Å². The molecular formula is C30H31ClN4O4. The molecule has 0 amide bonds. The Morgan fingerprint density at radius 3 is 2.79 bits per heavy atom. The van der Waals surface area contributed by atoms with Crippen molar-refractivity contribution in [1.82, 2.24) is 9.88 Å². The fourth-order valence-corrected chi connectivity index (χ4v) is 5.56. The van der Waals surface area contributed by atoms with Crippen LogP contribution < -0.4 is 14.8 Å². The average Bonchev–Trinajstić information content (AvgIpc) is 3.66. The SMILES string of the molecule is N#Cc1cnc2cc(OCCCN3CCCC3)cc(OC3CCOCC3)c2c1Nc1c(Cl)ccc2ccoc12. The third-order valence-electron chi connectivity index (χ3n) is 7.40. The molecule has 2 aromatic carbocycles. The number of ether oxygens (including phenoxy) is 3. The van der Waals surface area contributed by atoms with E-state index in [2.05, 4.69) is 21.3 Å². The summed E-state index contributed by atoms with van der Waals surface area (Å²) >= 11 is 6.61. The molecule has 4 aromatic rings.